The van der Waals surface area contributed by atoms with Crippen LogP contribution < -0.4 is 5.32 Å². The summed E-state index contributed by atoms with van der Waals surface area (Å²) in [7, 11) is -3.45. The summed E-state index contributed by atoms with van der Waals surface area (Å²) in [5, 5.41) is 12.3. The lowest BCUT2D eigenvalue weighted by Gasteiger charge is -2.43. The molecule has 0 aromatic carbocycles. The first-order valence-electron chi connectivity index (χ1n) is 9.06. The van der Waals surface area contributed by atoms with Crippen molar-refractivity contribution in [2.45, 2.75) is 64.8 Å². The van der Waals surface area contributed by atoms with Crippen molar-refractivity contribution in [2.75, 3.05) is 11.5 Å². The van der Waals surface area contributed by atoms with Gasteiger partial charge in [0, 0.05) is 18.6 Å². The Labute approximate surface area is 166 Å². The molecule has 1 rings (SSSR count). The van der Waals surface area contributed by atoms with Gasteiger partial charge < -0.3 is 9.84 Å². The maximum Gasteiger partial charge on any atom is 0.418 e. The molecule has 160 valence electrons. The number of amides is 2. The highest BCUT2D eigenvalue weighted by Gasteiger charge is 2.55. The Kier molecular flexibility index (Phi) is 7.41. The Balaban J connectivity index is 3.49. The van der Waals surface area contributed by atoms with Gasteiger partial charge in [-0.1, -0.05) is 13.0 Å². The average molecular weight is 419 g/mol. The number of rotatable bonds is 7. The number of aliphatic carboxylic acids is 1. The number of carboxylic acid groups (broad SMARTS) is 1. The summed E-state index contributed by atoms with van der Waals surface area (Å²) in [6.45, 7) is 11.2. The van der Waals surface area contributed by atoms with Crippen molar-refractivity contribution >= 4 is 27.8 Å². The Morgan fingerprint density at radius 3 is 2.32 bits per heavy atom. The van der Waals surface area contributed by atoms with Crippen molar-refractivity contribution in [1.82, 2.24) is 10.2 Å². The number of sulfone groups is 1. The van der Waals surface area contributed by atoms with Crippen LogP contribution in [0.4, 0.5) is 4.79 Å². The zero-order valence-corrected chi connectivity index (χ0v) is 17.8. The molecule has 0 radical (unpaired) electrons. The molecule has 2 N–H and O–H groups in total. The minimum absolute atomic E-state index is 0.0532. The van der Waals surface area contributed by atoms with Gasteiger partial charge in [-0.2, -0.15) is 0 Å². The Hall–Kier alpha value is -1.94. The van der Waals surface area contributed by atoms with Crippen LogP contribution in [0, 0.1) is 5.92 Å². The number of nitrogens with one attached hydrogen (secondary N) is 1. The lowest BCUT2D eigenvalue weighted by Crippen LogP contribution is -2.65. The van der Waals surface area contributed by atoms with E-state index in [1.165, 1.54) is 13.0 Å². The van der Waals surface area contributed by atoms with Crippen molar-refractivity contribution in [1.29, 1.82) is 0 Å². The van der Waals surface area contributed by atoms with E-state index in [9.17, 15) is 27.9 Å². The topological polar surface area (TPSA) is 130 Å². The summed E-state index contributed by atoms with van der Waals surface area (Å²) in [5.74, 6) is -2.97. The van der Waals surface area contributed by atoms with E-state index in [0.29, 0.717) is 0 Å². The maximum atomic E-state index is 12.8. The molecular formula is C18H30N2O7S. The molecule has 0 bridgehead atoms. The zero-order valence-electron chi connectivity index (χ0n) is 17.0. The second-order valence-corrected chi connectivity index (χ2v) is 10.3. The van der Waals surface area contributed by atoms with Crippen LogP contribution in [0.2, 0.25) is 0 Å². The van der Waals surface area contributed by atoms with Crippen LogP contribution in [0.25, 0.3) is 0 Å². The molecule has 0 saturated carbocycles. The lowest BCUT2D eigenvalue weighted by atomic mass is 9.89. The number of hydrogen-bond acceptors (Lipinski definition) is 7. The van der Waals surface area contributed by atoms with Gasteiger partial charge in [-0.05, 0) is 33.6 Å². The van der Waals surface area contributed by atoms with E-state index in [-0.39, 0.29) is 24.3 Å². The van der Waals surface area contributed by atoms with Crippen LogP contribution in [-0.2, 0) is 24.2 Å². The molecule has 1 saturated heterocycles. The van der Waals surface area contributed by atoms with Crippen molar-refractivity contribution in [3.05, 3.63) is 12.7 Å². The van der Waals surface area contributed by atoms with Gasteiger partial charge >= 0.3 is 12.1 Å². The summed E-state index contributed by atoms with van der Waals surface area (Å²) >= 11 is 0. The summed E-state index contributed by atoms with van der Waals surface area (Å²) in [4.78, 5) is 37.7. The Morgan fingerprint density at radius 2 is 1.93 bits per heavy atom. The second-order valence-electron chi connectivity index (χ2n) is 7.86. The van der Waals surface area contributed by atoms with Gasteiger partial charge in [-0.15, -0.1) is 6.58 Å². The zero-order chi connectivity index (χ0) is 21.9. The second kappa shape index (κ2) is 8.60. The highest BCUT2D eigenvalue weighted by atomic mass is 32.2. The predicted molar refractivity (Wildman–Crippen MR) is 103 cm³/mol. The standard InChI is InChI=1S/C18H30N2O7S/c1-7-13-11-14(15(22)23)19-18(13,9-10-28(25,26)8-2)20(12(3)21)16(24)27-17(4,5)6/h7,13-14,19H,1,8-11H2,2-6H3,(H,22,23)/t13-,14-,18-/m1/s1. The van der Waals surface area contributed by atoms with E-state index in [1.807, 2.05) is 0 Å². The van der Waals surface area contributed by atoms with Crippen LogP contribution >= 0.6 is 0 Å². The lowest BCUT2D eigenvalue weighted by molar-refractivity contribution is -0.142. The van der Waals surface area contributed by atoms with Crippen LogP contribution in [-0.4, -0.2) is 65.2 Å². The van der Waals surface area contributed by atoms with Crippen LogP contribution in [0.15, 0.2) is 12.7 Å². The normalized spacial score (nSPS) is 25.2. The average Bonchev–Trinajstić information content (AvgIpc) is 2.91. The van der Waals surface area contributed by atoms with E-state index < -0.39 is 51.0 Å². The van der Waals surface area contributed by atoms with Crippen LogP contribution in [0.3, 0.4) is 0 Å². The van der Waals surface area contributed by atoms with Crippen molar-refractivity contribution < 1.29 is 32.6 Å². The molecule has 1 aliphatic heterocycles. The summed E-state index contributed by atoms with van der Waals surface area (Å²) in [5.41, 5.74) is -2.48. The van der Waals surface area contributed by atoms with E-state index in [4.69, 9.17) is 4.74 Å². The molecule has 1 fully saturated rings. The third kappa shape index (κ3) is 5.54. The molecular weight excluding hydrogens is 388 g/mol. The third-order valence-electron chi connectivity index (χ3n) is 4.63. The molecule has 0 unspecified atom stereocenters. The Morgan fingerprint density at radius 1 is 1.36 bits per heavy atom. The van der Waals surface area contributed by atoms with Gasteiger partial charge in [0.2, 0.25) is 5.91 Å². The maximum absolute atomic E-state index is 12.8. The first-order valence-corrected chi connectivity index (χ1v) is 10.9. The van der Waals surface area contributed by atoms with Gasteiger partial charge in [0.05, 0.1) is 5.75 Å². The molecule has 28 heavy (non-hydrogen) atoms. The summed E-state index contributed by atoms with van der Waals surface area (Å²) < 4.78 is 29.6. The summed E-state index contributed by atoms with van der Waals surface area (Å²) in [6.07, 6.45) is 0.341. The molecule has 0 spiro atoms. The van der Waals surface area contributed by atoms with E-state index >= 15 is 0 Å². The number of imide groups is 1. The fourth-order valence-corrected chi connectivity index (χ4v) is 4.22. The number of ether oxygens (including phenoxy) is 1. The fraction of sp³-hybridized carbons (Fsp3) is 0.722. The first-order chi connectivity index (χ1) is 12.7. The van der Waals surface area contributed by atoms with Gasteiger partial charge in [0.15, 0.2) is 0 Å². The predicted octanol–water partition coefficient (Wildman–Crippen LogP) is 1.54. The monoisotopic (exact) mass is 418 g/mol. The van der Waals surface area contributed by atoms with Crippen molar-refractivity contribution in [2.24, 2.45) is 5.92 Å². The molecule has 2 amide bonds. The number of nitrogens with zero attached hydrogens (tertiary/aromatic N) is 1. The molecule has 3 atom stereocenters. The SMILES string of the molecule is C=C[C@@H]1C[C@H](C(=O)O)N[C@]1(CCS(=O)(=O)CC)N(C(C)=O)C(=O)OC(C)(C)C. The fourth-order valence-electron chi connectivity index (χ4n) is 3.31. The van der Waals surface area contributed by atoms with E-state index in [1.54, 1.807) is 20.8 Å². The number of hydrogen-bond donors (Lipinski definition) is 2. The molecule has 1 heterocycles. The smallest absolute Gasteiger partial charge is 0.418 e. The minimum atomic E-state index is -3.45. The molecule has 0 aromatic rings. The van der Waals surface area contributed by atoms with Gasteiger partial charge in [-0.3, -0.25) is 14.9 Å². The largest absolute Gasteiger partial charge is 0.480 e. The Bertz CT molecular complexity index is 742. The quantitative estimate of drug-likeness (QED) is 0.596. The molecule has 1 aliphatic rings. The molecule has 0 aliphatic carbocycles. The third-order valence-corrected chi connectivity index (χ3v) is 6.34. The van der Waals surface area contributed by atoms with Gasteiger partial charge in [0.25, 0.3) is 0 Å². The van der Waals surface area contributed by atoms with Crippen molar-refractivity contribution in [3.63, 3.8) is 0 Å². The minimum Gasteiger partial charge on any atom is -0.480 e. The van der Waals surface area contributed by atoms with Crippen LogP contribution in [0.1, 0.15) is 47.5 Å². The highest BCUT2D eigenvalue weighted by Crippen LogP contribution is 2.38. The summed E-state index contributed by atoms with van der Waals surface area (Å²) in [6, 6.07) is -1.07. The molecule has 0 aromatic heterocycles. The molecule has 10 heteroatoms. The van der Waals surface area contributed by atoms with Gasteiger partial charge in [-0.25, -0.2) is 18.1 Å². The number of carbonyl (C=O) groups is 3. The molecule has 9 nitrogen and oxygen atoms in total. The van der Waals surface area contributed by atoms with E-state index in [0.717, 1.165) is 11.8 Å². The first kappa shape index (κ1) is 24.1. The number of carbonyl (C=O) groups excluding carboxylic acids is 2. The van der Waals surface area contributed by atoms with Gasteiger partial charge in [0.1, 0.15) is 27.1 Å². The van der Waals surface area contributed by atoms with E-state index in [2.05, 4.69) is 11.9 Å². The number of carboxylic acids is 1. The van der Waals surface area contributed by atoms with Crippen LogP contribution in [0.5, 0.6) is 0 Å². The van der Waals surface area contributed by atoms with Crippen molar-refractivity contribution in [3.8, 4) is 0 Å². The highest BCUT2D eigenvalue weighted by molar-refractivity contribution is 7.91.